The average molecular weight is 185 g/mol. The number of nitrogens with one attached hydrogen (secondary N) is 1. The molecule has 0 atom stereocenters. The van der Waals surface area contributed by atoms with Crippen LogP contribution in [0.1, 0.15) is 11.1 Å². The second kappa shape index (κ2) is 3.14. The predicted octanol–water partition coefficient (Wildman–Crippen LogP) is 2.48. The lowest BCUT2D eigenvalue weighted by Gasteiger charge is -2.00. The molecule has 0 spiro atoms. The van der Waals surface area contributed by atoms with E-state index in [-0.39, 0.29) is 5.56 Å². The van der Waals surface area contributed by atoms with Crippen LogP contribution in [0.4, 0.5) is 0 Å². The summed E-state index contributed by atoms with van der Waals surface area (Å²) in [5.74, 6) is 0. The molecule has 1 heterocycles. The highest BCUT2D eigenvalue weighted by Crippen LogP contribution is 2.13. The molecule has 2 nitrogen and oxygen atoms in total. The first-order valence-electron chi connectivity index (χ1n) is 4.47. The van der Waals surface area contributed by atoms with Crippen LogP contribution in [-0.4, -0.2) is 4.98 Å². The van der Waals surface area contributed by atoms with Gasteiger partial charge in [-0.05, 0) is 30.0 Å². The summed E-state index contributed by atoms with van der Waals surface area (Å²) in [6.07, 6.45) is 1.57. The highest BCUT2D eigenvalue weighted by atomic mass is 16.1. The van der Waals surface area contributed by atoms with Crippen LogP contribution in [0.2, 0.25) is 0 Å². The first kappa shape index (κ1) is 8.75. The fraction of sp³-hybridized carbons (Fsp3) is 0.0833. The topological polar surface area (TPSA) is 32.9 Å². The van der Waals surface area contributed by atoms with Crippen LogP contribution in [0.15, 0.2) is 35.6 Å². The zero-order chi connectivity index (χ0) is 10.1. The largest absolute Gasteiger partial charge is 0.321 e. The van der Waals surface area contributed by atoms with E-state index in [1.54, 1.807) is 6.08 Å². The van der Waals surface area contributed by atoms with Crippen LogP contribution in [0.5, 0.6) is 0 Å². The molecule has 0 aliphatic rings. The number of H-pyrrole nitrogens is 1. The monoisotopic (exact) mass is 185 g/mol. The van der Waals surface area contributed by atoms with Crippen molar-refractivity contribution in [3.05, 3.63) is 52.3 Å². The molecule has 0 aliphatic heterocycles. The van der Waals surface area contributed by atoms with Crippen LogP contribution >= 0.6 is 0 Å². The molecule has 0 saturated heterocycles. The normalized spacial score (nSPS) is 10.4. The van der Waals surface area contributed by atoms with E-state index < -0.39 is 0 Å². The number of hydrogen-bond donors (Lipinski definition) is 1. The number of aryl methyl sites for hydroxylation is 1. The van der Waals surface area contributed by atoms with Crippen LogP contribution in [0.3, 0.4) is 0 Å². The average Bonchev–Trinajstić information content (AvgIpc) is 2.16. The lowest BCUT2D eigenvalue weighted by Crippen LogP contribution is -2.08. The van der Waals surface area contributed by atoms with Crippen molar-refractivity contribution in [2.75, 3.05) is 0 Å². The van der Waals surface area contributed by atoms with E-state index >= 15 is 0 Å². The summed E-state index contributed by atoms with van der Waals surface area (Å²) < 4.78 is 0. The maximum atomic E-state index is 11.4. The number of benzene rings is 1. The summed E-state index contributed by atoms with van der Waals surface area (Å²) in [6, 6.07) is 7.82. The minimum absolute atomic E-state index is 0.0851. The van der Waals surface area contributed by atoms with Crippen LogP contribution in [-0.2, 0) is 0 Å². The van der Waals surface area contributed by atoms with Crippen molar-refractivity contribution >= 4 is 17.0 Å². The van der Waals surface area contributed by atoms with Gasteiger partial charge in [0.15, 0.2) is 0 Å². The third kappa shape index (κ3) is 1.35. The summed E-state index contributed by atoms with van der Waals surface area (Å²) >= 11 is 0. The van der Waals surface area contributed by atoms with E-state index in [0.717, 1.165) is 16.5 Å². The molecular formula is C12H11NO. The van der Waals surface area contributed by atoms with Crippen molar-refractivity contribution in [3.63, 3.8) is 0 Å². The van der Waals surface area contributed by atoms with Gasteiger partial charge in [-0.2, -0.15) is 0 Å². The van der Waals surface area contributed by atoms with Crippen LogP contribution < -0.4 is 5.56 Å². The Morgan fingerprint density at radius 3 is 2.86 bits per heavy atom. The van der Waals surface area contributed by atoms with E-state index in [1.807, 2.05) is 31.2 Å². The van der Waals surface area contributed by atoms with E-state index in [1.165, 1.54) is 0 Å². The van der Waals surface area contributed by atoms with Gasteiger partial charge < -0.3 is 4.98 Å². The van der Waals surface area contributed by atoms with E-state index in [9.17, 15) is 4.79 Å². The summed E-state index contributed by atoms with van der Waals surface area (Å²) in [4.78, 5) is 14.3. The third-order valence-corrected chi connectivity index (χ3v) is 2.25. The van der Waals surface area contributed by atoms with Gasteiger partial charge in [-0.3, -0.25) is 4.79 Å². The molecule has 0 radical (unpaired) electrons. The molecule has 1 aromatic heterocycles. The molecule has 0 bridgehead atoms. The van der Waals surface area contributed by atoms with Gasteiger partial charge >= 0.3 is 0 Å². The number of fused-ring (bicyclic) bond motifs is 1. The molecule has 1 N–H and O–H groups in total. The molecule has 70 valence electrons. The summed E-state index contributed by atoms with van der Waals surface area (Å²) in [6.45, 7) is 5.60. The molecule has 0 aliphatic carbocycles. The number of aromatic nitrogens is 1. The van der Waals surface area contributed by atoms with Crippen molar-refractivity contribution in [2.45, 2.75) is 6.92 Å². The second-order valence-electron chi connectivity index (χ2n) is 3.35. The standard InChI is InChI=1S/C12H11NO/c1-3-9-7-10-5-4-8(2)6-11(10)13-12(9)14/h3-7H,1H2,2H3,(H,13,14). The fourth-order valence-corrected chi connectivity index (χ4v) is 1.48. The zero-order valence-electron chi connectivity index (χ0n) is 8.00. The summed E-state index contributed by atoms with van der Waals surface area (Å²) in [7, 11) is 0. The molecule has 1 aromatic carbocycles. The Bertz CT molecular complexity index is 552. The third-order valence-electron chi connectivity index (χ3n) is 2.25. The van der Waals surface area contributed by atoms with Crippen molar-refractivity contribution in [1.82, 2.24) is 4.98 Å². The zero-order valence-corrected chi connectivity index (χ0v) is 8.00. The molecule has 0 saturated carbocycles. The highest BCUT2D eigenvalue weighted by molar-refractivity contribution is 5.81. The second-order valence-corrected chi connectivity index (χ2v) is 3.35. The minimum atomic E-state index is -0.0851. The van der Waals surface area contributed by atoms with Gasteiger partial charge in [0.05, 0.1) is 0 Å². The lowest BCUT2D eigenvalue weighted by molar-refractivity contribution is 1.28. The summed E-state index contributed by atoms with van der Waals surface area (Å²) in [5, 5.41) is 1.03. The number of hydrogen-bond acceptors (Lipinski definition) is 1. The van der Waals surface area contributed by atoms with Crippen molar-refractivity contribution < 1.29 is 0 Å². The van der Waals surface area contributed by atoms with Gasteiger partial charge in [0.25, 0.3) is 5.56 Å². The van der Waals surface area contributed by atoms with Gasteiger partial charge in [0.1, 0.15) is 0 Å². The molecule has 0 fully saturated rings. The Kier molecular flexibility index (Phi) is 1.97. The molecule has 0 unspecified atom stereocenters. The molecule has 0 amide bonds. The van der Waals surface area contributed by atoms with Crippen molar-refractivity contribution in [3.8, 4) is 0 Å². The number of aromatic amines is 1. The molecular weight excluding hydrogens is 174 g/mol. The lowest BCUT2D eigenvalue weighted by atomic mass is 10.1. The highest BCUT2D eigenvalue weighted by Gasteiger charge is 1.98. The first-order valence-corrected chi connectivity index (χ1v) is 4.47. The fourth-order valence-electron chi connectivity index (χ4n) is 1.48. The molecule has 2 aromatic rings. The molecule has 2 rings (SSSR count). The van der Waals surface area contributed by atoms with Crippen molar-refractivity contribution in [1.29, 1.82) is 0 Å². The minimum Gasteiger partial charge on any atom is -0.321 e. The van der Waals surface area contributed by atoms with Gasteiger partial charge in [-0.1, -0.05) is 24.8 Å². The Labute approximate surface area is 81.9 Å². The van der Waals surface area contributed by atoms with Crippen LogP contribution in [0.25, 0.3) is 17.0 Å². The van der Waals surface area contributed by atoms with Gasteiger partial charge in [-0.25, -0.2) is 0 Å². The van der Waals surface area contributed by atoms with Crippen molar-refractivity contribution in [2.24, 2.45) is 0 Å². The number of pyridine rings is 1. The predicted molar refractivity (Wildman–Crippen MR) is 59.4 cm³/mol. The van der Waals surface area contributed by atoms with Crippen LogP contribution in [0, 0.1) is 6.92 Å². The maximum absolute atomic E-state index is 11.4. The quantitative estimate of drug-likeness (QED) is 0.727. The van der Waals surface area contributed by atoms with Gasteiger partial charge in [0.2, 0.25) is 0 Å². The Morgan fingerprint density at radius 2 is 2.14 bits per heavy atom. The Morgan fingerprint density at radius 1 is 1.36 bits per heavy atom. The van der Waals surface area contributed by atoms with E-state index in [2.05, 4.69) is 11.6 Å². The van der Waals surface area contributed by atoms with E-state index in [4.69, 9.17) is 0 Å². The smallest absolute Gasteiger partial charge is 0.255 e. The Hall–Kier alpha value is -1.83. The first-order chi connectivity index (χ1) is 6.70. The van der Waals surface area contributed by atoms with E-state index in [0.29, 0.717) is 5.56 Å². The number of rotatable bonds is 1. The Balaban J connectivity index is 2.86. The SMILES string of the molecule is C=Cc1cc2ccc(C)cc2[nH]c1=O. The molecule has 14 heavy (non-hydrogen) atoms. The maximum Gasteiger partial charge on any atom is 0.255 e. The summed E-state index contributed by atoms with van der Waals surface area (Å²) in [5.41, 5.74) is 2.54. The molecule has 2 heteroatoms. The van der Waals surface area contributed by atoms with Gasteiger partial charge in [-0.15, -0.1) is 0 Å². The van der Waals surface area contributed by atoms with Gasteiger partial charge in [0, 0.05) is 11.1 Å².